The Hall–Kier alpha value is -1.76. The van der Waals surface area contributed by atoms with Crippen LogP contribution in [0.25, 0.3) is 0 Å². The van der Waals surface area contributed by atoms with E-state index in [1.54, 1.807) is 4.90 Å². The fraction of sp³-hybridized carbons (Fsp3) is 0.611. The second-order valence-corrected chi connectivity index (χ2v) is 7.29. The maximum Gasteiger partial charge on any atom is 0.410 e. The Morgan fingerprint density at radius 1 is 1.24 bits per heavy atom. The largest absolute Gasteiger partial charge is 0.444 e. The van der Waals surface area contributed by atoms with Gasteiger partial charge in [0, 0.05) is 30.8 Å². The third-order valence-corrected chi connectivity index (χ3v) is 4.06. The van der Waals surface area contributed by atoms with E-state index in [1.807, 2.05) is 20.8 Å². The molecule has 0 saturated carbocycles. The SMILES string of the molecule is CC(C)(C)OC(=O)N1CCCC1CCNCc1cc(F)c(F)cc1F. The molecule has 0 spiro atoms. The van der Waals surface area contributed by atoms with Gasteiger partial charge in [0.15, 0.2) is 11.6 Å². The molecule has 1 heterocycles. The number of amides is 1. The van der Waals surface area contributed by atoms with Crippen molar-refractivity contribution in [2.75, 3.05) is 13.1 Å². The van der Waals surface area contributed by atoms with Crippen LogP contribution in [0.3, 0.4) is 0 Å². The Morgan fingerprint density at radius 2 is 1.92 bits per heavy atom. The average molecular weight is 358 g/mol. The molecule has 0 aliphatic carbocycles. The van der Waals surface area contributed by atoms with E-state index in [2.05, 4.69) is 5.32 Å². The van der Waals surface area contributed by atoms with Crippen molar-refractivity contribution in [1.82, 2.24) is 10.2 Å². The highest BCUT2D eigenvalue weighted by Gasteiger charge is 2.31. The lowest BCUT2D eigenvalue weighted by Gasteiger charge is -2.28. The monoisotopic (exact) mass is 358 g/mol. The summed E-state index contributed by atoms with van der Waals surface area (Å²) in [5.74, 6) is -3.03. The van der Waals surface area contributed by atoms with Gasteiger partial charge < -0.3 is 15.0 Å². The summed E-state index contributed by atoms with van der Waals surface area (Å²) in [6.45, 7) is 6.78. The van der Waals surface area contributed by atoms with Gasteiger partial charge in [0.2, 0.25) is 0 Å². The molecule has 1 saturated heterocycles. The van der Waals surface area contributed by atoms with Gasteiger partial charge in [-0.05, 0) is 52.6 Å². The van der Waals surface area contributed by atoms with Gasteiger partial charge in [0.25, 0.3) is 0 Å². The minimum atomic E-state index is -1.19. The minimum Gasteiger partial charge on any atom is -0.444 e. The number of rotatable bonds is 5. The molecule has 1 fully saturated rings. The van der Waals surface area contributed by atoms with Crippen LogP contribution in [0.15, 0.2) is 12.1 Å². The standard InChI is InChI=1S/C18H25F3N2O2/c1-18(2,3)25-17(24)23-8-4-5-13(23)6-7-22-11-12-9-15(20)16(21)10-14(12)19/h9-10,13,22H,4-8,11H2,1-3H3. The molecule has 25 heavy (non-hydrogen) atoms. The summed E-state index contributed by atoms with van der Waals surface area (Å²) >= 11 is 0. The van der Waals surface area contributed by atoms with Crippen LogP contribution in [0, 0.1) is 17.5 Å². The maximum atomic E-state index is 13.6. The van der Waals surface area contributed by atoms with Crippen LogP contribution >= 0.6 is 0 Å². The molecule has 0 radical (unpaired) electrons. The second kappa shape index (κ2) is 8.08. The summed E-state index contributed by atoms with van der Waals surface area (Å²) in [6, 6.07) is 1.48. The molecule has 1 unspecified atom stereocenters. The maximum absolute atomic E-state index is 13.6. The molecular formula is C18H25F3N2O2. The zero-order valence-electron chi connectivity index (χ0n) is 14.9. The minimum absolute atomic E-state index is 0.0668. The van der Waals surface area contributed by atoms with Crippen LogP contribution in [0.1, 0.15) is 45.6 Å². The van der Waals surface area contributed by atoms with Crippen molar-refractivity contribution in [1.29, 1.82) is 0 Å². The molecule has 2 rings (SSSR count). The van der Waals surface area contributed by atoms with Crippen LogP contribution in [-0.4, -0.2) is 35.7 Å². The van der Waals surface area contributed by atoms with Gasteiger partial charge in [-0.3, -0.25) is 0 Å². The smallest absolute Gasteiger partial charge is 0.410 e. The first-order valence-electron chi connectivity index (χ1n) is 8.51. The van der Waals surface area contributed by atoms with Crippen molar-refractivity contribution < 1.29 is 22.7 Å². The number of nitrogens with zero attached hydrogens (tertiary/aromatic N) is 1. The van der Waals surface area contributed by atoms with Crippen LogP contribution in [0.4, 0.5) is 18.0 Å². The van der Waals surface area contributed by atoms with Crippen molar-refractivity contribution in [3.63, 3.8) is 0 Å². The van der Waals surface area contributed by atoms with Gasteiger partial charge in [-0.2, -0.15) is 0 Å². The van der Waals surface area contributed by atoms with Gasteiger partial charge in [-0.25, -0.2) is 18.0 Å². The Labute approximate surface area is 146 Å². The van der Waals surface area contributed by atoms with Crippen LogP contribution in [-0.2, 0) is 11.3 Å². The molecule has 7 heteroatoms. The molecule has 1 amide bonds. The lowest BCUT2D eigenvalue weighted by atomic mass is 10.1. The van der Waals surface area contributed by atoms with E-state index in [4.69, 9.17) is 4.74 Å². The van der Waals surface area contributed by atoms with Gasteiger partial charge in [-0.1, -0.05) is 0 Å². The number of carbonyl (C=O) groups is 1. The summed E-state index contributed by atoms with van der Waals surface area (Å²) in [5, 5.41) is 3.02. The average Bonchev–Trinajstić information content (AvgIpc) is 2.95. The Bertz CT molecular complexity index is 617. The number of likely N-dealkylation sites (tertiary alicyclic amines) is 1. The summed E-state index contributed by atoms with van der Waals surface area (Å²) in [7, 11) is 0. The highest BCUT2D eigenvalue weighted by Crippen LogP contribution is 2.22. The number of carbonyl (C=O) groups excluding carboxylic acids is 1. The first-order chi connectivity index (χ1) is 11.7. The molecule has 1 N–H and O–H groups in total. The van der Waals surface area contributed by atoms with E-state index in [0.717, 1.165) is 18.9 Å². The molecule has 0 aromatic heterocycles. The zero-order valence-corrected chi connectivity index (χ0v) is 14.9. The zero-order chi connectivity index (χ0) is 18.6. The third-order valence-electron chi connectivity index (χ3n) is 4.06. The topological polar surface area (TPSA) is 41.6 Å². The predicted molar refractivity (Wildman–Crippen MR) is 88.6 cm³/mol. The van der Waals surface area contributed by atoms with Crippen molar-refractivity contribution >= 4 is 6.09 Å². The number of ether oxygens (including phenoxy) is 1. The first-order valence-corrected chi connectivity index (χ1v) is 8.51. The third kappa shape index (κ3) is 5.63. The molecule has 4 nitrogen and oxygen atoms in total. The van der Waals surface area contributed by atoms with E-state index >= 15 is 0 Å². The van der Waals surface area contributed by atoms with Crippen LogP contribution < -0.4 is 5.32 Å². The van der Waals surface area contributed by atoms with Crippen molar-refractivity contribution in [3.05, 3.63) is 35.1 Å². The van der Waals surface area contributed by atoms with E-state index in [1.165, 1.54) is 0 Å². The number of benzene rings is 1. The van der Waals surface area contributed by atoms with Crippen LogP contribution in [0.5, 0.6) is 0 Å². The van der Waals surface area contributed by atoms with E-state index in [-0.39, 0.29) is 24.2 Å². The van der Waals surface area contributed by atoms with Gasteiger partial charge in [-0.15, -0.1) is 0 Å². The molecule has 1 aliphatic heterocycles. The number of hydrogen-bond acceptors (Lipinski definition) is 3. The fourth-order valence-corrected chi connectivity index (χ4v) is 2.89. The summed E-state index contributed by atoms with van der Waals surface area (Å²) in [4.78, 5) is 13.9. The summed E-state index contributed by atoms with van der Waals surface area (Å²) in [5.41, 5.74) is -0.457. The first kappa shape index (κ1) is 19.6. The van der Waals surface area contributed by atoms with Gasteiger partial charge >= 0.3 is 6.09 Å². The lowest BCUT2D eigenvalue weighted by Crippen LogP contribution is -2.40. The Kier molecular flexibility index (Phi) is 6.32. The lowest BCUT2D eigenvalue weighted by molar-refractivity contribution is 0.0220. The quantitative estimate of drug-likeness (QED) is 0.639. The molecule has 1 atom stereocenters. The van der Waals surface area contributed by atoms with Gasteiger partial charge in [0.05, 0.1) is 0 Å². The summed E-state index contributed by atoms with van der Waals surface area (Å²) < 4.78 is 45.0. The van der Waals surface area contributed by atoms with Crippen molar-refractivity contribution in [3.8, 4) is 0 Å². The number of hydrogen-bond donors (Lipinski definition) is 1. The predicted octanol–water partition coefficient (Wildman–Crippen LogP) is 3.98. The fourth-order valence-electron chi connectivity index (χ4n) is 2.89. The van der Waals surface area contributed by atoms with Crippen molar-refractivity contribution in [2.45, 2.75) is 58.2 Å². The number of nitrogens with one attached hydrogen (secondary N) is 1. The molecule has 1 aromatic rings. The number of halogens is 3. The second-order valence-electron chi connectivity index (χ2n) is 7.29. The molecule has 1 aromatic carbocycles. The molecular weight excluding hydrogens is 333 g/mol. The summed E-state index contributed by atoms with van der Waals surface area (Å²) in [6.07, 6.45) is 2.17. The van der Waals surface area contributed by atoms with Crippen molar-refractivity contribution in [2.24, 2.45) is 0 Å². The van der Waals surface area contributed by atoms with E-state index in [0.29, 0.717) is 25.6 Å². The Morgan fingerprint density at radius 3 is 2.60 bits per heavy atom. The van der Waals surface area contributed by atoms with E-state index < -0.39 is 23.1 Å². The van der Waals surface area contributed by atoms with Gasteiger partial charge in [0.1, 0.15) is 11.4 Å². The molecule has 0 bridgehead atoms. The Balaban J connectivity index is 1.81. The van der Waals surface area contributed by atoms with E-state index in [9.17, 15) is 18.0 Å². The normalized spacial score (nSPS) is 17.8. The van der Waals surface area contributed by atoms with Crippen LogP contribution in [0.2, 0.25) is 0 Å². The molecule has 1 aliphatic rings. The molecule has 140 valence electrons. The highest BCUT2D eigenvalue weighted by molar-refractivity contribution is 5.68. The highest BCUT2D eigenvalue weighted by atomic mass is 19.2.